The number of benzene rings is 3. The van der Waals surface area contributed by atoms with Crippen molar-refractivity contribution in [2.75, 3.05) is 6.26 Å². The molecule has 3 N–H and O–H groups in total. The summed E-state index contributed by atoms with van der Waals surface area (Å²) < 4.78 is 34.0. The van der Waals surface area contributed by atoms with Crippen LogP contribution >= 0.6 is 23.1 Å². The van der Waals surface area contributed by atoms with E-state index < -0.39 is 9.84 Å². The van der Waals surface area contributed by atoms with E-state index in [0.29, 0.717) is 21.4 Å². The Bertz CT molecular complexity index is 1380. The maximum Gasteiger partial charge on any atom is 0.208 e. The summed E-state index contributed by atoms with van der Waals surface area (Å²) in [4.78, 5) is 0.720. The molecule has 168 valence electrons. The zero-order valence-corrected chi connectivity index (χ0v) is 20.3. The molecule has 3 aromatic carbocycles. The number of amidine groups is 1. The van der Waals surface area contributed by atoms with E-state index in [1.54, 1.807) is 12.1 Å². The van der Waals surface area contributed by atoms with Gasteiger partial charge in [0.15, 0.2) is 0 Å². The molecule has 1 heterocycles. The lowest BCUT2D eigenvalue weighted by molar-refractivity contribution is 0.305. The summed E-state index contributed by atoms with van der Waals surface area (Å²) in [6, 6.07) is 25.8. The summed E-state index contributed by atoms with van der Waals surface area (Å²) in [5, 5.41) is 7.71. The standard InChI is InChI=1S/C25H22N2O3S3/c1-31-25-23(15-22(32-25)24(26)27)33(28,29)21-13-19(18-10-6-3-7-11-18)12-20(14-21)30-16-17-8-4-2-5-9-17/h2-15H,16H2,1H3,(H3,26,27). The molecule has 0 fully saturated rings. The van der Waals surface area contributed by atoms with E-state index >= 15 is 0 Å². The van der Waals surface area contributed by atoms with Crippen LogP contribution in [0, 0.1) is 5.41 Å². The Labute approximate surface area is 201 Å². The second-order valence-electron chi connectivity index (χ2n) is 7.22. The second kappa shape index (κ2) is 9.82. The molecule has 0 aliphatic carbocycles. The quantitative estimate of drug-likeness (QED) is 0.183. The Balaban J connectivity index is 1.80. The van der Waals surface area contributed by atoms with Gasteiger partial charge in [-0.2, -0.15) is 0 Å². The van der Waals surface area contributed by atoms with Crippen molar-refractivity contribution in [3.8, 4) is 16.9 Å². The lowest BCUT2D eigenvalue weighted by atomic mass is 10.1. The predicted octanol–water partition coefficient (Wildman–Crippen LogP) is 5.83. The molecule has 0 radical (unpaired) electrons. The summed E-state index contributed by atoms with van der Waals surface area (Å²) in [7, 11) is -3.87. The number of hydrogen-bond donors (Lipinski definition) is 2. The summed E-state index contributed by atoms with van der Waals surface area (Å²) in [5.41, 5.74) is 8.24. The Morgan fingerprint density at radius 1 is 0.970 bits per heavy atom. The van der Waals surface area contributed by atoms with Gasteiger partial charge in [-0.1, -0.05) is 60.7 Å². The number of nitrogens with two attached hydrogens (primary N) is 1. The molecule has 0 aliphatic rings. The smallest absolute Gasteiger partial charge is 0.208 e. The first kappa shape index (κ1) is 23.1. The Kier molecular flexibility index (Phi) is 6.88. The van der Waals surface area contributed by atoms with E-state index in [4.69, 9.17) is 15.9 Å². The van der Waals surface area contributed by atoms with Gasteiger partial charge in [-0.25, -0.2) is 8.42 Å². The van der Waals surface area contributed by atoms with Crippen molar-refractivity contribution < 1.29 is 13.2 Å². The number of thiophene rings is 1. The van der Waals surface area contributed by atoms with Crippen LogP contribution in [0.1, 0.15) is 10.4 Å². The second-order valence-corrected chi connectivity index (χ2v) is 11.3. The van der Waals surface area contributed by atoms with Crippen LogP contribution in [0.3, 0.4) is 0 Å². The first-order valence-electron chi connectivity index (χ1n) is 10.0. The Morgan fingerprint density at radius 2 is 1.64 bits per heavy atom. The number of hydrogen-bond acceptors (Lipinski definition) is 6. The third kappa shape index (κ3) is 5.13. The number of sulfone groups is 1. The first-order chi connectivity index (χ1) is 15.9. The van der Waals surface area contributed by atoms with E-state index in [2.05, 4.69) is 0 Å². The highest BCUT2D eigenvalue weighted by Crippen LogP contribution is 2.39. The summed E-state index contributed by atoms with van der Waals surface area (Å²) in [6.07, 6.45) is 1.81. The van der Waals surface area contributed by atoms with E-state index in [1.165, 1.54) is 29.2 Å². The van der Waals surface area contributed by atoms with Gasteiger partial charge in [-0.05, 0) is 47.2 Å². The molecule has 33 heavy (non-hydrogen) atoms. The summed E-state index contributed by atoms with van der Waals surface area (Å²) >= 11 is 2.53. The van der Waals surface area contributed by atoms with Crippen LogP contribution in [0.5, 0.6) is 5.75 Å². The number of ether oxygens (including phenoxy) is 1. The average Bonchev–Trinajstić information content (AvgIpc) is 3.30. The number of nitrogen functional groups attached to an aromatic ring is 1. The van der Waals surface area contributed by atoms with Crippen LogP contribution in [-0.4, -0.2) is 20.5 Å². The van der Waals surface area contributed by atoms with Crippen LogP contribution < -0.4 is 10.5 Å². The van der Waals surface area contributed by atoms with Crippen LogP contribution in [0.4, 0.5) is 0 Å². The number of thioether (sulfide) groups is 1. The maximum absolute atomic E-state index is 13.7. The fourth-order valence-corrected chi connectivity index (χ4v) is 7.21. The topological polar surface area (TPSA) is 93.2 Å². The van der Waals surface area contributed by atoms with Crippen LogP contribution in [0.2, 0.25) is 0 Å². The molecule has 4 rings (SSSR count). The molecule has 4 aromatic rings. The fourth-order valence-electron chi connectivity index (χ4n) is 3.30. The van der Waals surface area contributed by atoms with Crippen molar-refractivity contribution >= 4 is 38.8 Å². The molecule has 5 nitrogen and oxygen atoms in total. The first-order valence-corrected chi connectivity index (χ1v) is 13.6. The molecular formula is C25H22N2O3S3. The molecule has 0 atom stereocenters. The zero-order chi connectivity index (χ0) is 23.4. The molecule has 0 bridgehead atoms. The van der Waals surface area contributed by atoms with Crippen molar-refractivity contribution in [3.63, 3.8) is 0 Å². The van der Waals surface area contributed by atoms with Gasteiger partial charge < -0.3 is 10.5 Å². The molecule has 0 aliphatic heterocycles. The molecule has 1 aromatic heterocycles. The maximum atomic E-state index is 13.7. The van der Waals surface area contributed by atoms with E-state index in [-0.39, 0.29) is 15.6 Å². The van der Waals surface area contributed by atoms with Gasteiger partial charge in [-0.15, -0.1) is 23.1 Å². The lowest BCUT2D eigenvalue weighted by Crippen LogP contribution is -2.09. The number of rotatable bonds is 8. The van der Waals surface area contributed by atoms with Crippen molar-refractivity contribution in [1.29, 1.82) is 5.41 Å². The van der Waals surface area contributed by atoms with Gasteiger partial charge in [0.05, 0.1) is 18.9 Å². The van der Waals surface area contributed by atoms with Gasteiger partial charge in [-0.3, -0.25) is 5.41 Å². The van der Waals surface area contributed by atoms with Crippen LogP contribution in [0.25, 0.3) is 11.1 Å². The highest BCUT2D eigenvalue weighted by molar-refractivity contribution is 8.01. The largest absolute Gasteiger partial charge is 0.489 e. The molecule has 0 amide bonds. The Morgan fingerprint density at radius 3 is 2.27 bits per heavy atom. The Hall–Kier alpha value is -3.07. The lowest BCUT2D eigenvalue weighted by Gasteiger charge is -2.13. The minimum absolute atomic E-state index is 0.134. The highest BCUT2D eigenvalue weighted by atomic mass is 32.2. The van der Waals surface area contributed by atoms with Crippen molar-refractivity contribution in [2.45, 2.75) is 20.6 Å². The SMILES string of the molecule is CSc1sc(C(=N)N)cc1S(=O)(=O)c1cc(OCc2ccccc2)cc(-c2ccccc2)c1. The molecule has 0 saturated heterocycles. The summed E-state index contributed by atoms with van der Waals surface area (Å²) in [6.45, 7) is 0.321. The third-order valence-corrected chi connectivity index (χ3v) is 9.27. The van der Waals surface area contributed by atoms with Crippen molar-refractivity contribution in [1.82, 2.24) is 0 Å². The highest BCUT2D eigenvalue weighted by Gasteiger charge is 2.26. The number of nitrogens with one attached hydrogen (secondary N) is 1. The van der Waals surface area contributed by atoms with Crippen molar-refractivity contribution in [2.24, 2.45) is 5.73 Å². The molecular weight excluding hydrogens is 472 g/mol. The van der Waals surface area contributed by atoms with Crippen LogP contribution in [0.15, 0.2) is 98.9 Å². The minimum Gasteiger partial charge on any atom is -0.489 e. The van der Waals surface area contributed by atoms with E-state index in [0.717, 1.165) is 16.7 Å². The van der Waals surface area contributed by atoms with Gasteiger partial charge >= 0.3 is 0 Å². The van der Waals surface area contributed by atoms with E-state index in [9.17, 15) is 8.42 Å². The molecule has 0 saturated carbocycles. The molecule has 0 unspecified atom stereocenters. The van der Waals surface area contributed by atoms with Gasteiger partial charge in [0, 0.05) is 0 Å². The predicted molar refractivity (Wildman–Crippen MR) is 135 cm³/mol. The molecule has 8 heteroatoms. The van der Waals surface area contributed by atoms with E-state index in [1.807, 2.05) is 73.0 Å². The third-order valence-electron chi connectivity index (χ3n) is 4.95. The minimum atomic E-state index is -3.87. The zero-order valence-electron chi connectivity index (χ0n) is 17.8. The fraction of sp³-hybridized carbons (Fsp3) is 0.0800. The van der Waals surface area contributed by atoms with Gasteiger partial charge in [0.2, 0.25) is 9.84 Å². The van der Waals surface area contributed by atoms with Gasteiger partial charge in [0.25, 0.3) is 0 Å². The van der Waals surface area contributed by atoms with Crippen molar-refractivity contribution in [3.05, 3.63) is 95.4 Å². The average molecular weight is 495 g/mol. The summed E-state index contributed by atoms with van der Waals surface area (Å²) in [5.74, 6) is 0.313. The van der Waals surface area contributed by atoms with Gasteiger partial charge in [0.1, 0.15) is 18.2 Å². The monoisotopic (exact) mass is 494 g/mol. The molecule has 0 spiro atoms. The van der Waals surface area contributed by atoms with Crippen LogP contribution in [-0.2, 0) is 16.4 Å². The normalized spacial score (nSPS) is 11.3.